The molecule has 6 nitrogen and oxygen atoms in total. The van der Waals surface area contributed by atoms with Crippen LogP contribution in [0.25, 0.3) is 0 Å². The number of carbonyl (C=O) groups is 1. The molecule has 0 saturated carbocycles. The number of benzene rings is 2. The number of ether oxygens (including phenoxy) is 1. The third-order valence-corrected chi connectivity index (χ3v) is 5.28. The number of hydrogen-bond donors (Lipinski definition) is 2. The fraction of sp³-hybridized carbons (Fsp3) is 0.278. The number of hydrogen-bond acceptors (Lipinski definition) is 4. The number of sulfonamides is 1. The van der Waals surface area contributed by atoms with Crippen LogP contribution in [0.15, 0.2) is 53.4 Å². The first-order valence-corrected chi connectivity index (χ1v) is 9.40. The van der Waals surface area contributed by atoms with Crippen LogP contribution in [0.3, 0.4) is 0 Å². The van der Waals surface area contributed by atoms with Crippen molar-refractivity contribution in [2.24, 2.45) is 0 Å². The van der Waals surface area contributed by atoms with Gasteiger partial charge in [-0.25, -0.2) is 8.42 Å². The van der Waals surface area contributed by atoms with E-state index in [4.69, 9.17) is 4.74 Å². The van der Waals surface area contributed by atoms with Gasteiger partial charge in [0, 0.05) is 5.69 Å². The van der Waals surface area contributed by atoms with E-state index in [9.17, 15) is 13.2 Å². The summed E-state index contributed by atoms with van der Waals surface area (Å²) in [6, 6.07) is 12.5. The lowest BCUT2D eigenvalue weighted by Crippen LogP contribution is -2.41. The zero-order valence-electron chi connectivity index (χ0n) is 14.4. The Morgan fingerprint density at radius 1 is 1.08 bits per heavy atom. The standard InChI is InChI=1S/C18H22N2O4S/c1-4-14-5-7-15(8-6-14)19-18(21)13(2)20-25(22,23)17-11-9-16(24-3)10-12-17/h5-13,20H,4H2,1-3H3,(H,19,21)/t13-/m0/s1. The number of rotatable bonds is 7. The molecule has 0 aliphatic heterocycles. The molecule has 0 spiro atoms. The van der Waals surface area contributed by atoms with Gasteiger partial charge < -0.3 is 10.1 Å². The fourth-order valence-corrected chi connectivity index (χ4v) is 3.39. The third-order valence-electron chi connectivity index (χ3n) is 3.72. The quantitative estimate of drug-likeness (QED) is 0.793. The molecule has 2 aromatic rings. The first-order valence-electron chi connectivity index (χ1n) is 7.92. The van der Waals surface area contributed by atoms with Gasteiger partial charge in [-0.05, 0) is 55.3 Å². The highest BCUT2D eigenvalue weighted by Gasteiger charge is 2.22. The van der Waals surface area contributed by atoms with Crippen molar-refractivity contribution in [3.63, 3.8) is 0 Å². The number of carbonyl (C=O) groups excluding carboxylic acids is 1. The van der Waals surface area contributed by atoms with Crippen LogP contribution in [-0.2, 0) is 21.2 Å². The van der Waals surface area contributed by atoms with Gasteiger partial charge in [0.25, 0.3) is 0 Å². The maximum atomic E-state index is 12.4. The molecule has 0 saturated heterocycles. The van der Waals surface area contributed by atoms with E-state index in [1.807, 2.05) is 19.1 Å². The lowest BCUT2D eigenvalue weighted by molar-refractivity contribution is -0.117. The van der Waals surface area contributed by atoms with Gasteiger partial charge in [0.15, 0.2) is 0 Å². The summed E-state index contributed by atoms with van der Waals surface area (Å²) in [7, 11) is -2.30. The second-order valence-corrected chi connectivity index (χ2v) is 7.27. The Kier molecular flexibility index (Phi) is 6.17. The van der Waals surface area contributed by atoms with Crippen LogP contribution in [0.1, 0.15) is 19.4 Å². The van der Waals surface area contributed by atoms with Crippen LogP contribution >= 0.6 is 0 Å². The van der Waals surface area contributed by atoms with Crippen LogP contribution in [-0.4, -0.2) is 27.5 Å². The van der Waals surface area contributed by atoms with Gasteiger partial charge in [-0.15, -0.1) is 0 Å². The van der Waals surface area contributed by atoms with Crippen LogP contribution in [0.2, 0.25) is 0 Å². The molecule has 7 heteroatoms. The molecule has 2 rings (SSSR count). The summed E-state index contributed by atoms with van der Waals surface area (Å²) in [5, 5.41) is 2.70. The topological polar surface area (TPSA) is 84.5 Å². The summed E-state index contributed by atoms with van der Waals surface area (Å²) in [5.74, 6) is 0.126. The molecular weight excluding hydrogens is 340 g/mol. The van der Waals surface area contributed by atoms with Crippen molar-refractivity contribution in [1.82, 2.24) is 4.72 Å². The van der Waals surface area contributed by atoms with E-state index < -0.39 is 22.0 Å². The number of amides is 1. The molecule has 134 valence electrons. The van der Waals surface area contributed by atoms with Gasteiger partial charge in [-0.1, -0.05) is 19.1 Å². The van der Waals surface area contributed by atoms with Gasteiger partial charge in [-0.3, -0.25) is 4.79 Å². The molecule has 1 atom stereocenters. The zero-order chi connectivity index (χ0) is 18.4. The largest absolute Gasteiger partial charge is 0.497 e. The molecule has 2 aromatic carbocycles. The summed E-state index contributed by atoms with van der Waals surface area (Å²) >= 11 is 0. The SMILES string of the molecule is CCc1ccc(NC(=O)[C@H](C)NS(=O)(=O)c2ccc(OC)cc2)cc1. The monoisotopic (exact) mass is 362 g/mol. The number of aryl methyl sites for hydroxylation is 1. The second-order valence-electron chi connectivity index (χ2n) is 5.56. The Hall–Kier alpha value is -2.38. The number of methoxy groups -OCH3 is 1. The first kappa shape index (κ1) is 19.0. The lowest BCUT2D eigenvalue weighted by Gasteiger charge is -2.15. The zero-order valence-corrected chi connectivity index (χ0v) is 15.3. The van der Waals surface area contributed by atoms with Crippen molar-refractivity contribution in [2.45, 2.75) is 31.2 Å². The molecule has 0 aromatic heterocycles. The predicted molar refractivity (Wildman–Crippen MR) is 97.2 cm³/mol. The molecule has 0 radical (unpaired) electrons. The minimum atomic E-state index is -3.80. The first-order chi connectivity index (χ1) is 11.9. The lowest BCUT2D eigenvalue weighted by atomic mass is 10.1. The Labute approximate surface area is 148 Å². The molecule has 2 N–H and O–H groups in total. The van der Waals surface area contributed by atoms with Crippen LogP contribution in [0.5, 0.6) is 5.75 Å². The van der Waals surface area contributed by atoms with Crippen molar-refractivity contribution in [1.29, 1.82) is 0 Å². The van der Waals surface area contributed by atoms with Gasteiger partial charge in [-0.2, -0.15) is 4.72 Å². The van der Waals surface area contributed by atoms with Crippen molar-refractivity contribution in [2.75, 3.05) is 12.4 Å². The molecule has 0 bridgehead atoms. The van der Waals surface area contributed by atoms with Gasteiger partial charge in [0.05, 0.1) is 18.0 Å². The molecular formula is C18H22N2O4S. The summed E-state index contributed by atoms with van der Waals surface area (Å²) in [5.41, 5.74) is 1.78. The van der Waals surface area contributed by atoms with Crippen LogP contribution < -0.4 is 14.8 Å². The van der Waals surface area contributed by atoms with Crippen molar-refractivity contribution >= 4 is 21.6 Å². The Balaban J connectivity index is 2.03. The minimum absolute atomic E-state index is 0.0697. The summed E-state index contributed by atoms with van der Waals surface area (Å²) in [6.07, 6.45) is 0.909. The third kappa shape index (κ3) is 5.04. The highest BCUT2D eigenvalue weighted by molar-refractivity contribution is 7.89. The molecule has 25 heavy (non-hydrogen) atoms. The van der Waals surface area contributed by atoms with E-state index >= 15 is 0 Å². The van der Waals surface area contributed by atoms with Gasteiger partial charge in [0.1, 0.15) is 5.75 Å². The molecule has 0 unspecified atom stereocenters. The van der Waals surface area contributed by atoms with Crippen LogP contribution in [0, 0.1) is 0 Å². The Bertz CT molecular complexity index is 815. The van der Waals surface area contributed by atoms with E-state index in [1.54, 1.807) is 24.3 Å². The predicted octanol–water partition coefficient (Wildman–Crippen LogP) is 2.56. The molecule has 1 amide bonds. The van der Waals surface area contributed by atoms with E-state index in [2.05, 4.69) is 10.0 Å². The maximum absolute atomic E-state index is 12.4. The minimum Gasteiger partial charge on any atom is -0.497 e. The van der Waals surface area contributed by atoms with Gasteiger partial charge in [0.2, 0.25) is 15.9 Å². The summed E-state index contributed by atoms with van der Waals surface area (Å²) in [4.78, 5) is 12.3. The number of nitrogens with one attached hydrogen (secondary N) is 2. The highest BCUT2D eigenvalue weighted by atomic mass is 32.2. The van der Waals surface area contributed by atoms with E-state index in [0.29, 0.717) is 11.4 Å². The molecule has 0 fully saturated rings. The van der Waals surface area contributed by atoms with E-state index in [1.165, 1.54) is 26.2 Å². The normalized spacial score (nSPS) is 12.4. The Morgan fingerprint density at radius 2 is 1.68 bits per heavy atom. The Morgan fingerprint density at radius 3 is 2.20 bits per heavy atom. The maximum Gasteiger partial charge on any atom is 0.242 e. The van der Waals surface area contributed by atoms with Crippen LogP contribution in [0.4, 0.5) is 5.69 Å². The van der Waals surface area contributed by atoms with Crippen molar-refractivity contribution < 1.29 is 17.9 Å². The molecule has 0 aliphatic carbocycles. The van der Waals surface area contributed by atoms with E-state index in [0.717, 1.165) is 12.0 Å². The van der Waals surface area contributed by atoms with Crippen molar-refractivity contribution in [3.8, 4) is 5.75 Å². The smallest absolute Gasteiger partial charge is 0.242 e. The molecule has 0 heterocycles. The van der Waals surface area contributed by atoms with E-state index in [-0.39, 0.29) is 4.90 Å². The number of anilines is 1. The summed E-state index contributed by atoms with van der Waals surface area (Å²) < 4.78 is 32.1. The average molecular weight is 362 g/mol. The van der Waals surface area contributed by atoms with Gasteiger partial charge >= 0.3 is 0 Å². The second kappa shape index (κ2) is 8.13. The molecule has 0 aliphatic rings. The summed E-state index contributed by atoms with van der Waals surface area (Å²) in [6.45, 7) is 3.54. The average Bonchev–Trinajstić information content (AvgIpc) is 2.62. The highest BCUT2D eigenvalue weighted by Crippen LogP contribution is 2.16. The fourth-order valence-electron chi connectivity index (χ4n) is 2.18. The van der Waals surface area contributed by atoms with Crippen molar-refractivity contribution in [3.05, 3.63) is 54.1 Å².